The Hall–Kier alpha value is -1.31. The number of hydrogen-bond acceptors (Lipinski definition) is 7. The summed E-state index contributed by atoms with van der Waals surface area (Å²) in [6.07, 6.45) is -0.951. The van der Waals surface area contributed by atoms with Crippen LogP contribution in [0.5, 0.6) is 0 Å². The van der Waals surface area contributed by atoms with Crippen LogP contribution in [0.4, 0.5) is 0 Å². The average Bonchev–Trinajstić information content (AvgIpc) is 2.61. The fourth-order valence-corrected chi connectivity index (χ4v) is 3.42. The van der Waals surface area contributed by atoms with Gasteiger partial charge in [0.25, 0.3) is 0 Å². The SMILES string of the molecule is COC1C[C@@H](C)C(=O)C(C)C(=O)OC[C@@](C)(O)C(O)C(C)C(=O)[C@H](C)C1. The summed E-state index contributed by atoms with van der Waals surface area (Å²) in [5.41, 5.74) is -1.80. The standard InChI is InChI=1S/C19H32O7/c1-10-7-14(25-6)8-11(2)16(21)13(4)18(23)26-9-19(5,24)17(22)12(3)15(10)20/h10-14,17,22,24H,7-9H2,1-6H3/t10-,11-,12?,13?,14?,17?,19-/m1/s1. The highest BCUT2D eigenvalue weighted by Gasteiger charge is 2.41. The maximum absolute atomic E-state index is 12.6. The molecule has 1 heterocycles. The van der Waals surface area contributed by atoms with Crippen molar-refractivity contribution in [3.63, 3.8) is 0 Å². The molecule has 1 saturated heterocycles. The van der Waals surface area contributed by atoms with Crippen LogP contribution in [0.15, 0.2) is 0 Å². The van der Waals surface area contributed by atoms with E-state index in [0.717, 1.165) is 0 Å². The van der Waals surface area contributed by atoms with E-state index in [1.54, 1.807) is 20.8 Å². The summed E-state index contributed by atoms with van der Waals surface area (Å²) >= 11 is 0. The van der Waals surface area contributed by atoms with E-state index in [-0.39, 0.29) is 17.7 Å². The Balaban J connectivity index is 3.15. The number of Topliss-reactive ketones (excluding diaryl/α,β-unsaturated/α-hetero) is 2. The Morgan fingerprint density at radius 2 is 1.54 bits per heavy atom. The van der Waals surface area contributed by atoms with Crippen molar-refractivity contribution in [3.05, 3.63) is 0 Å². The zero-order chi connectivity index (χ0) is 20.2. The first kappa shape index (κ1) is 22.7. The second kappa shape index (κ2) is 9.06. The minimum Gasteiger partial charge on any atom is -0.462 e. The van der Waals surface area contributed by atoms with E-state index >= 15 is 0 Å². The zero-order valence-corrected chi connectivity index (χ0v) is 16.5. The van der Waals surface area contributed by atoms with E-state index in [9.17, 15) is 24.6 Å². The maximum atomic E-state index is 12.6. The third-order valence-electron chi connectivity index (χ3n) is 5.38. The lowest BCUT2D eigenvalue weighted by molar-refractivity contribution is -0.169. The van der Waals surface area contributed by atoms with Gasteiger partial charge in [-0.2, -0.15) is 0 Å². The van der Waals surface area contributed by atoms with E-state index in [1.165, 1.54) is 21.0 Å². The molecule has 1 rings (SSSR count). The first-order valence-electron chi connectivity index (χ1n) is 9.09. The smallest absolute Gasteiger partial charge is 0.316 e. The number of carbonyl (C=O) groups excluding carboxylic acids is 3. The van der Waals surface area contributed by atoms with Gasteiger partial charge in [-0.3, -0.25) is 14.4 Å². The van der Waals surface area contributed by atoms with E-state index in [2.05, 4.69) is 0 Å². The summed E-state index contributed by atoms with van der Waals surface area (Å²) in [5, 5.41) is 20.9. The van der Waals surface area contributed by atoms with Crippen molar-refractivity contribution in [1.82, 2.24) is 0 Å². The number of cyclic esters (lactones) is 1. The van der Waals surface area contributed by atoms with Crippen molar-refractivity contribution < 1.29 is 34.1 Å². The Bertz CT molecular complexity index is 528. The summed E-state index contributed by atoms with van der Waals surface area (Å²) < 4.78 is 10.5. The van der Waals surface area contributed by atoms with Crippen molar-refractivity contribution >= 4 is 17.5 Å². The van der Waals surface area contributed by atoms with Crippen LogP contribution in [-0.2, 0) is 23.9 Å². The van der Waals surface area contributed by atoms with Gasteiger partial charge in [0.15, 0.2) is 0 Å². The first-order valence-corrected chi connectivity index (χ1v) is 9.09. The number of ketones is 2. The molecule has 2 N–H and O–H groups in total. The van der Waals surface area contributed by atoms with Crippen molar-refractivity contribution in [3.8, 4) is 0 Å². The quantitative estimate of drug-likeness (QED) is 0.524. The summed E-state index contributed by atoms with van der Waals surface area (Å²) in [4.78, 5) is 37.3. The minimum absolute atomic E-state index is 0.212. The number of aliphatic hydroxyl groups excluding tert-OH is 1. The van der Waals surface area contributed by atoms with Crippen molar-refractivity contribution in [1.29, 1.82) is 0 Å². The lowest BCUT2D eigenvalue weighted by Gasteiger charge is -2.34. The molecule has 7 heteroatoms. The summed E-state index contributed by atoms with van der Waals surface area (Å²) in [6.45, 7) is 7.29. The van der Waals surface area contributed by atoms with Crippen molar-refractivity contribution in [2.75, 3.05) is 13.7 Å². The molecule has 26 heavy (non-hydrogen) atoms. The number of carbonyl (C=O) groups is 3. The number of rotatable bonds is 1. The molecule has 1 aliphatic heterocycles. The second-order valence-corrected chi connectivity index (χ2v) is 7.86. The zero-order valence-electron chi connectivity index (χ0n) is 16.5. The van der Waals surface area contributed by atoms with Crippen LogP contribution in [0, 0.1) is 23.7 Å². The van der Waals surface area contributed by atoms with Crippen molar-refractivity contribution in [2.45, 2.75) is 65.3 Å². The lowest BCUT2D eigenvalue weighted by atomic mass is 9.80. The molecule has 0 spiro atoms. The molecule has 0 aromatic rings. The molecule has 0 bridgehead atoms. The van der Waals surface area contributed by atoms with Crippen LogP contribution in [0.25, 0.3) is 0 Å². The van der Waals surface area contributed by atoms with Crippen LogP contribution in [0.1, 0.15) is 47.5 Å². The summed E-state index contributed by atoms with van der Waals surface area (Å²) in [7, 11) is 1.52. The predicted octanol–water partition coefficient (Wildman–Crippen LogP) is 1.13. The van der Waals surface area contributed by atoms with Gasteiger partial charge in [-0.15, -0.1) is 0 Å². The lowest BCUT2D eigenvalue weighted by Crippen LogP contribution is -2.50. The molecule has 150 valence electrons. The number of esters is 1. The third-order valence-corrected chi connectivity index (χ3v) is 5.38. The molecular formula is C19H32O7. The molecule has 0 saturated carbocycles. The van der Waals surface area contributed by atoms with Gasteiger partial charge in [0, 0.05) is 24.9 Å². The molecule has 4 unspecified atom stereocenters. The minimum atomic E-state index is -1.80. The van der Waals surface area contributed by atoms with Crippen molar-refractivity contribution in [2.24, 2.45) is 23.7 Å². The monoisotopic (exact) mass is 372 g/mol. The van der Waals surface area contributed by atoms with Gasteiger partial charge in [-0.05, 0) is 26.7 Å². The van der Waals surface area contributed by atoms with E-state index < -0.39 is 48.0 Å². The maximum Gasteiger partial charge on any atom is 0.316 e. The fraction of sp³-hybridized carbons (Fsp3) is 0.842. The Morgan fingerprint density at radius 3 is 2.04 bits per heavy atom. The highest BCUT2D eigenvalue weighted by Crippen LogP contribution is 2.27. The Kier molecular flexibility index (Phi) is 7.92. The Labute approximate surface area is 155 Å². The number of ether oxygens (including phenoxy) is 2. The normalized spacial score (nSPS) is 41.5. The molecule has 7 nitrogen and oxygen atoms in total. The van der Waals surface area contributed by atoms with Crippen LogP contribution >= 0.6 is 0 Å². The Morgan fingerprint density at radius 1 is 1.04 bits per heavy atom. The van der Waals surface area contributed by atoms with Gasteiger partial charge >= 0.3 is 5.97 Å². The number of methoxy groups -OCH3 is 1. The van der Waals surface area contributed by atoms with Crippen LogP contribution in [0.2, 0.25) is 0 Å². The highest BCUT2D eigenvalue weighted by molar-refractivity contribution is 5.99. The molecule has 0 radical (unpaired) electrons. The first-order chi connectivity index (χ1) is 11.9. The van der Waals surface area contributed by atoms with Gasteiger partial charge in [0.05, 0.1) is 12.2 Å². The van der Waals surface area contributed by atoms with Crippen LogP contribution < -0.4 is 0 Å². The fourth-order valence-electron chi connectivity index (χ4n) is 3.42. The number of hydrogen-bond donors (Lipinski definition) is 2. The predicted molar refractivity (Wildman–Crippen MR) is 94.3 cm³/mol. The molecule has 1 aliphatic rings. The van der Waals surface area contributed by atoms with Crippen LogP contribution in [0.3, 0.4) is 0 Å². The molecule has 0 aromatic heterocycles. The van der Waals surface area contributed by atoms with Gasteiger partial charge in [-0.1, -0.05) is 20.8 Å². The third kappa shape index (κ3) is 5.34. The summed E-state index contributed by atoms with van der Waals surface area (Å²) in [6, 6.07) is 0. The summed E-state index contributed by atoms with van der Waals surface area (Å²) in [5.74, 6) is -3.91. The largest absolute Gasteiger partial charge is 0.462 e. The van der Waals surface area contributed by atoms with E-state index in [0.29, 0.717) is 12.8 Å². The highest BCUT2D eigenvalue weighted by atomic mass is 16.5. The van der Waals surface area contributed by atoms with Gasteiger partial charge in [0.1, 0.15) is 29.7 Å². The van der Waals surface area contributed by atoms with Crippen LogP contribution in [-0.4, -0.2) is 59.3 Å². The molecule has 0 aliphatic carbocycles. The van der Waals surface area contributed by atoms with E-state index in [4.69, 9.17) is 9.47 Å². The van der Waals surface area contributed by atoms with Gasteiger partial charge in [-0.25, -0.2) is 0 Å². The average molecular weight is 372 g/mol. The van der Waals surface area contributed by atoms with Gasteiger partial charge < -0.3 is 19.7 Å². The molecule has 0 aromatic carbocycles. The molecule has 0 amide bonds. The van der Waals surface area contributed by atoms with Gasteiger partial charge in [0.2, 0.25) is 0 Å². The van der Waals surface area contributed by atoms with E-state index in [1.807, 2.05) is 0 Å². The molecule has 7 atom stereocenters. The molecular weight excluding hydrogens is 340 g/mol. The number of aliphatic hydroxyl groups is 2. The molecule has 1 fully saturated rings. The topological polar surface area (TPSA) is 110 Å². The second-order valence-electron chi connectivity index (χ2n) is 7.86.